The number of aliphatic hydroxyl groups is 1. The van der Waals surface area contributed by atoms with Gasteiger partial charge in [-0.05, 0) is 39.2 Å². The highest BCUT2D eigenvalue weighted by Gasteiger charge is 2.43. The fraction of sp³-hybridized carbons (Fsp3) is 0.533. The Bertz CT molecular complexity index is 504. The van der Waals surface area contributed by atoms with Crippen molar-refractivity contribution < 1.29 is 19.4 Å². The van der Waals surface area contributed by atoms with Gasteiger partial charge in [-0.25, -0.2) is 9.18 Å². The van der Waals surface area contributed by atoms with Gasteiger partial charge >= 0.3 is 6.09 Å². The molecule has 0 bridgehead atoms. The first kappa shape index (κ1) is 14.8. The zero-order valence-corrected chi connectivity index (χ0v) is 11.7. The Balaban J connectivity index is 2.34. The third-order valence-electron chi connectivity index (χ3n) is 4.07. The van der Waals surface area contributed by atoms with Crippen LogP contribution in [0.4, 0.5) is 9.18 Å². The molecule has 1 aliphatic heterocycles. The van der Waals surface area contributed by atoms with Crippen LogP contribution < -0.4 is 0 Å². The first-order chi connectivity index (χ1) is 9.34. The van der Waals surface area contributed by atoms with Crippen LogP contribution in [0.1, 0.15) is 44.8 Å². The van der Waals surface area contributed by atoms with E-state index < -0.39 is 29.6 Å². The summed E-state index contributed by atoms with van der Waals surface area (Å²) in [6.45, 7) is 3.67. The van der Waals surface area contributed by atoms with Crippen molar-refractivity contribution in [3.63, 3.8) is 0 Å². The molecule has 0 saturated carbocycles. The lowest BCUT2D eigenvalue weighted by molar-refractivity contribution is -0.0282. The second-order valence-electron chi connectivity index (χ2n) is 5.89. The first-order valence-electron chi connectivity index (χ1n) is 6.79. The second-order valence-corrected chi connectivity index (χ2v) is 5.89. The standard InChI is InChI=1S/C15H20FNO3/c1-15(2)9-5-8-12(17(15)14(19)20)13(18)10-6-3-4-7-11(10)16/h3-4,6-7,12-13,18H,5,8-9H2,1-2H3,(H,19,20)/t12-,13?/m0/s1. The molecule has 2 atom stereocenters. The summed E-state index contributed by atoms with van der Waals surface area (Å²) in [5, 5.41) is 19.9. The van der Waals surface area contributed by atoms with Gasteiger partial charge in [0.25, 0.3) is 0 Å². The highest BCUT2D eigenvalue weighted by Crippen LogP contribution is 2.37. The van der Waals surface area contributed by atoms with Crippen LogP contribution in [0.2, 0.25) is 0 Å². The number of amides is 1. The highest BCUT2D eigenvalue weighted by molar-refractivity contribution is 5.67. The van der Waals surface area contributed by atoms with Crippen LogP contribution in [0.25, 0.3) is 0 Å². The van der Waals surface area contributed by atoms with E-state index in [9.17, 15) is 19.4 Å². The Morgan fingerprint density at radius 1 is 1.45 bits per heavy atom. The largest absolute Gasteiger partial charge is 0.465 e. The van der Waals surface area contributed by atoms with Crippen molar-refractivity contribution in [1.82, 2.24) is 4.90 Å². The van der Waals surface area contributed by atoms with Gasteiger partial charge in [-0.15, -0.1) is 0 Å². The molecule has 1 aromatic rings. The molecule has 2 rings (SSSR count). The molecule has 4 nitrogen and oxygen atoms in total. The Morgan fingerprint density at radius 2 is 2.10 bits per heavy atom. The van der Waals surface area contributed by atoms with Gasteiger partial charge in [0.2, 0.25) is 0 Å². The maximum Gasteiger partial charge on any atom is 0.408 e. The van der Waals surface area contributed by atoms with Crippen LogP contribution in [-0.2, 0) is 0 Å². The topological polar surface area (TPSA) is 60.8 Å². The van der Waals surface area contributed by atoms with Gasteiger partial charge in [0.05, 0.1) is 6.04 Å². The quantitative estimate of drug-likeness (QED) is 0.875. The minimum atomic E-state index is -1.15. The third kappa shape index (κ3) is 2.63. The van der Waals surface area contributed by atoms with E-state index in [4.69, 9.17) is 0 Å². The summed E-state index contributed by atoms with van der Waals surface area (Å²) in [5.74, 6) is -0.506. The van der Waals surface area contributed by atoms with E-state index in [-0.39, 0.29) is 5.56 Å². The van der Waals surface area contributed by atoms with Crippen LogP contribution in [0.3, 0.4) is 0 Å². The predicted molar refractivity (Wildman–Crippen MR) is 72.9 cm³/mol. The van der Waals surface area contributed by atoms with Crippen molar-refractivity contribution in [2.75, 3.05) is 0 Å². The molecular formula is C15H20FNO3. The average molecular weight is 281 g/mol. The number of aliphatic hydroxyl groups excluding tert-OH is 1. The number of piperidine rings is 1. The summed E-state index contributed by atoms with van der Waals surface area (Å²) in [4.78, 5) is 12.8. The Morgan fingerprint density at radius 3 is 2.70 bits per heavy atom. The summed E-state index contributed by atoms with van der Waals surface area (Å²) >= 11 is 0. The molecule has 1 heterocycles. The molecular weight excluding hydrogens is 261 g/mol. The number of carboxylic acid groups (broad SMARTS) is 1. The molecule has 5 heteroatoms. The van der Waals surface area contributed by atoms with Crippen LogP contribution in [-0.4, -0.2) is 32.8 Å². The zero-order chi connectivity index (χ0) is 14.9. The molecule has 1 unspecified atom stereocenters. The minimum Gasteiger partial charge on any atom is -0.465 e. The van der Waals surface area contributed by atoms with Gasteiger partial charge in [-0.1, -0.05) is 18.2 Å². The van der Waals surface area contributed by atoms with E-state index in [0.29, 0.717) is 6.42 Å². The third-order valence-corrected chi connectivity index (χ3v) is 4.07. The normalized spacial score (nSPS) is 23.4. The Labute approximate surface area is 117 Å². The number of hydrogen-bond acceptors (Lipinski definition) is 2. The number of rotatable bonds is 2. The zero-order valence-electron chi connectivity index (χ0n) is 11.7. The number of halogens is 1. The molecule has 1 saturated heterocycles. The number of hydrogen-bond donors (Lipinski definition) is 2. The smallest absolute Gasteiger partial charge is 0.408 e. The van der Waals surface area contributed by atoms with Gasteiger partial charge in [-0.3, -0.25) is 4.90 Å². The summed E-state index contributed by atoms with van der Waals surface area (Å²) in [7, 11) is 0. The van der Waals surface area contributed by atoms with E-state index in [1.807, 2.05) is 13.8 Å². The second kappa shape index (κ2) is 5.40. The summed E-state index contributed by atoms with van der Waals surface area (Å²) in [6, 6.07) is 5.35. The highest BCUT2D eigenvalue weighted by atomic mass is 19.1. The SMILES string of the molecule is CC1(C)CCC[C@@H](C(O)c2ccccc2F)N1C(=O)O. The summed E-state index contributed by atoms with van der Waals surface area (Å²) in [5.41, 5.74) is -0.400. The van der Waals surface area contributed by atoms with E-state index in [1.165, 1.54) is 17.0 Å². The van der Waals surface area contributed by atoms with Gasteiger partial charge < -0.3 is 10.2 Å². The van der Waals surface area contributed by atoms with Crippen molar-refractivity contribution in [2.24, 2.45) is 0 Å². The Kier molecular flexibility index (Phi) is 3.99. The van der Waals surface area contributed by atoms with Gasteiger partial charge in [-0.2, -0.15) is 0 Å². The van der Waals surface area contributed by atoms with Crippen molar-refractivity contribution >= 4 is 6.09 Å². The molecule has 1 aliphatic rings. The number of carbonyl (C=O) groups is 1. The molecule has 20 heavy (non-hydrogen) atoms. The van der Waals surface area contributed by atoms with E-state index in [2.05, 4.69) is 0 Å². The van der Waals surface area contributed by atoms with E-state index >= 15 is 0 Å². The Hall–Kier alpha value is -1.62. The average Bonchev–Trinajstić information content (AvgIpc) is 2.36. The van der Waals surface area contributed by atoms with Crippen LogP contribution >= 0.6 is 0 Å². The van der Waals surface area contributed by atoms with Gasteiger partial charge in [0.15, 0.2) is 0 Å². The van der Waals surface area contributed by atoms with Crippen LogP contribution in [0.15, 0.2) is 24.3 Å². The molecule has 1 amide bonds. The van der Waals surface area contributed by atoms with Gasteiger partial charge in [0, 0.05) is 11.1 Å². The van der Waals surface area contributed by atoms with E-state index in [1.54, 1.807) is 12.1 Å². The van der Waals surface area contributed by atoms with Crippen LogP contribution in [0.5, 0.6) is 0 Å². The van der Waals surface area contributed by atoms with Crippen molar-refractivity contribution in [3.8, 4) is 0 Å². The molecule has 1 aromatic carbocycles. The first-order valence-corrected chi connectivity index (χ1v) is 6.79. The van der Waals surface area contributed by atoms with Gasteiger partial charge in [0.1, 0.15) is 11.9 Å². The van der Waals surface area contributed by atoms with Crippen LogP contribution in [0, 0.1) is 5.82 Å². The maximum absolute atomic E-state index is 13.8. The molecule has 110 valence electrons. The lowest BCUT2D eigenvalue weighted by Crippen LogP contribution is -2.57. The fourth-order valence-corrected chi connectivity index (χ4v) is 3.06. The fourth-order valence-electron chi connectivity index (χ4n) is 3.06. The molecule has 0 radical (unpaired) electrons. The lowest BCUT2D eigenvalue weighted by atomic mass is 9.83. The number of benzene rings is 1. The molecule has 0 aliphatic carbocycles. The molecule has 0 aromatic heterocycles. The molecule has 1 fully saturated rings. The number of likely N-dealkylation sites (tertiary alicyclic amines) is 1. The maximum atomic E-state index is 13.8. The molecule has 2 N–H and O–H groups in total. The molecule has 0 spiro atoms. The minimum absolute atomic E-state index is 0.154. The van der Waals surface area contributed by atoms with E-state index in [0.717, 1.165) is 12.8 Å². The predicted octanol–water partition coefficient (Wildman–Crippen LogP) is 3.17. The summed E-state index contributed by atoms with van der Waals surface area (Å²) < 4.78 is 13.8. The monoisotopic (exact) mass is 281 g/mol. The summed E-state index contributed by atoms with van der Waals surface area (Å²) in [6.07, 6.45) is -0.139. The van der Waals surface area contributed by atoms with Crippen molar-refractivity contribution in [3.05, 3.63) is 35.6 Å². The van der Waals surface area contributed by atoms with Crippen molar-refractivity contribution in [1.29, 1.82) is 0 Å². The lowest BCUT2D eigenvalue weighted by Gasteiger charge is -2.47. The van der Waals surface area contributed by atoms with Crippen molar-refractivity contribution in [2.45, 2.75) is 50.8 Å². The number of nitrogens with zero attached hydrogens (tertiary/aromatic N) is 1.